The Morgan fingerprint density at radius 3 is 1.60 bits per heavy atom. The minimum atomic E-state index is 0.178. The number of para-hydroxylation sites is 2. The smallest absolute Gasteiger partial charge is 0.115 e. The minimum Gasteiger partial charge on any atom is -0.310 e. The van der Waals surface area contributed by atoms with E-state index in [0.29, 0.717) is 43.8 Å². The lowest BCUT2D eigenvalue weighted by Crippen LogP contribution is -2.48. The van der Waals surface area contributed by atoms with Gasteiger partial charge in [-0.3, -0.25) is 0 Å². The number of rotatable bonds is 5. The van der Waals surface area contributed by atoms with Crippen LogP contribution in [0.4, 0.5) is 0 Å². The van der Waals surface area contributed by atoms with Crippen LogP contribution in [-0.4, -0.2) is 64.1 Å². The standard InChI is InChI=1S/C48H25B7N2/c49-40-37(29-21-23-35-33(24-29)32-22-20-28(26-12-4-1-5-13-26)25-36(32)56(35)30-16-8-3-9-17-30)41(50)45(54)47-38(40)39-42(51)43(52)44(53)46(55)48(39)57(47)34-19-11-10-18-31(34)27-14-6-2-7-15-27/h1-25H. The molecule has 57 heavy (non-hydrogen) atoms. The van der Waals surface area contributed by atoms with Gasteiger partial charge in [0.2, 0.25) is 0 Å². The van der Waals surface area contributed by atoms with E-state index in [-0.39, 0.29) is 21.9 Å². The van der Waals surface area contributed by atoms with E-state index >= 15 is 0 Å². The van der Waals surface area contributed by atoms with Gasteiger partial charge in [-0.2, -0.15) is 0 Å². The number of fused-ring (bicyclic) bond motifs is 6. The van der Waals surface area contributed by atoms with Gasteiger partial charge in [0.1, 0.15) is 54.9 Å². The first-order valence-electron chi connectivity index (χ1n) is 18.6. The summed E-state index contributed by atoms with van der Waals surface area (Å²) in [6.07, 6.45) is 0. The van der Waals surface area contributed by atoms with Crippen LogP contribution in [0, 0.1) is 0 Å². The number of nitrogens with zero attached hydrogens (tertiary/aromatic N) is 2. The van der Waals surface area contributed by atoms with Gasteiger partial charge in [-0.15, -0.1) is 10.9 Å². The summed E-state index contributed by atoms with van der Waals surface area (Å²) >= 11 is 0. The summed E-state index contributed by atoms with van der Waals surface area (Å²) in [4.78, 5) is 0. The molecule has 10 rings (SSSR count). The lowest BCUT2D eigenvalue weighted by atomic mass is 9.64. The molecule has 0 saturated carbocycles. The predicted molar refractivity (Wildman–Crippen MR) is 249 cm³/mol. The molecule has 0 aliphatic carbocycles. The molecule has 0 aliphatic rings. The van der Waals surface area contributed by atoms with Crippen molar-refractivity contribution in [2.24, 2.45) is 0 Å². The van der Waals surface area contributed by atoms with Gasteiger partial charge >= 0.3 is 0 Å². The molecule has 0 amide bonds. The second kappa shape index (κ2) is 13.5. The van der Waals surface area contributed by atoms with E-state index in [0.717, 1.165) is 61.0 Å². The molecule has 10 aromatic rings. The number of hydrogen-bond acceptors (Lipinski definition) is 0. The molecule has 0 aliphatic heterocycles. The zero-order chi connectivity index (χ0) is 39.1. The van der Waals surface area contributed by atoms with Gasteiger partial charge in [0.15, 0.2) is 0 Å². The average molecular weight is 705 g/mol. The predicted octanol–water partition coefficient (Wildman–Crippen LogP) is 4.44. The van der Waals surface area contributed by atoms with Crippen molar-refractivity contribution >= 4 is 137 Å². The van der Waals surface area contributed by atoms with Crippen molar-refractivity contribution in [3.63, 3.8) is 0 Å². The zero-order valence-electron chi connectivity index (χ0n) is 30.9. The Hall–Kier alpha value is -6.19. The highest BCUT2D eigenvalue weighted by Gasteiger charge is 2.25. The van der Waals surface area contributed by atoms with Crippen LogP contribution >= 0.6 is 0 Å². The molecular weight excluding hydrogens is 680 g/mol. The third-order valence-electron chi connectivity index (χ3n) is 11.3. The SMILES string of the molecule is [B]c1c([B])c([B])c2c(c1[B])c1c([B])c(-c3ccc4c(c3)c3ccc(-c5ccccc5)cc3n4-c3ccccc3)c([B])c([B])c1n2-c1ccccc1-c1ccccc1. The van der Waals surface area contributed by atoms with Crippen LogP contribution in [0.25, 0.3) is 88.4 Å². The molecule has 0 N–H and O–H groups in total. The van der Waals surface area contributed by atoms with Crippen molar-refractivity contribution < 1.29 is 0 Å². The summed E-state index contributed by atoms with van der Waals surface area (Å²) in [5.74, 6) is 0. The molecule has 9 heteroatoms. The molecule has 0 fully saturated rings. The Bertz CT molecular complexity index is 3240. The Kier molecular flexibility index (Phi) is 8.34. The van der Waals surface area contributed by atoms with Crippen molar-refractivity contribution in [2.75, 3.05) is 0 Å². The van der Waals surface area contributed by atoms with Gasteiger partial charge in [0, 0.05) is 38.4 Å². The molecule has 14 radical (unpaired) electrons. The summed E-state index contributed by atoms with van der Waals surface area (Å²) in [5, 5.41) is 3.25. The first kappa shape index (κ1) is 35.2. The van der Waals surface area contributed by atoms with Crippen LogP contribution in [-0.2, 0) is 0 Å². The molecule has 2 nitrogen and oxygen atoms in total. The molecule has 0 saturated heterocycles. The summed E-state index contributed by atoms with van der Waals surface area (Å²) in [7, 11) is 48.5. The third kappa shape index (κ3) is 5.28. The van der Waals surface area contributed by atoms with Gasteiger partial charge in [-0.05, 0) is 69.6 Å². The molecule has 2 heterocycles. The summed E-state index contributed by atoms with van der Waals surface area (Å²) < 4.78 is 4.26. The van der Waals surface area contributed by atoms with E-state index in [9.17, 15) is 0 Å². The second-order valence-electron chi connectivity index (χ2n) is 14.4. The molecule has 0 bridgehead atoms. The summed E-state index contributed by atoms with van der Waals surface area (Å²) in [5.41, 5.74) is 12.6. The van der Waals surface area contributed by atoms with Crippen molar-refractivity contribution in [3.8, 4) is 44.8 Å². The molecular formula is C48H25B7N2. The number of aromatic nitrogens is 2. The van der Waals surface area contributed by atoms with Crippen molar-refractivity contribution in [2.45, 2.75) is 0 Å². The normalized spacial score (nSPS) is 11.6. The first-order valence-corrected chi connectivity index (χ1v) is 18.6. The Balaban J connectivity index is 1.29. The quantitative estimate of drug-likeness (QED) is 0.235. The number of benzene rings is 8. The first-order chi connectivity index (χ1) is 27.7. The van der Waals surface area contributed by atoms with E-state index in [1.165, 1.54) is 0 Å². The maximum atomic E-state index is 7.35. The van der Waals surface area contributed by atoms with Gasteiger partial charge in [0.05, 0.1) is 16.7 Å². The molecule has 0 unspecified atom stereocenters. The maximum absolute atomic E-state index is 7.35. The van der Waals surface area contributed by atoms with Gasteiger partial charge in [0.25, 0.3) is 0 Å². The average Bonchev–Trinajstić information content (AvgIpc) is 3.79. The highest BCUT2D eigenvalue weighted by molar-refractivity contribution is 6.69. The molecule has 8 aromatic carbocycles. The van der Waals surface area contributed by atoms with Crippen LogP contribution in [0.5, 0.6) is 0 Å². The van der Waals surface area contributed by atoms with E-state index in [1.54, 1.807) is 0 Å². The monoisotopic (exact) mass is 706 g/mol. The Morgan fingerprint density at radius 2 is 0.895 bits per heavy atom. The highest BCUT2D eigenvalue weighted by Crippen LogP contribution is 2.38. The molecule has 248 valence electrons. The second-order valence-corrected chi connectivity index (χ2v) is 14.4. The fraction of sp³-hybridized carbons (Fsp3) is 0. The van der Waals surface area contributed by atoms with Gasteiger partial charge in [-0.25, -0.2) is 0 Å². The van der Waals surface area contributed by atoms with E-state index in [1.807, 2.05) is 77.4 Å². The fourth-order valence-electron chi connectivity index (χ4n) is 8.62. The zero-order valence-corrected chi connectivity index (χ0v) is 30.9. The van der Waals surface area contributed by atoms with E-state index < -0.39 is 0 Å². The summed E-state index contributed by atoms with van der Waals surface area (Å²) in [6, 6.07) is 51.7. The Labute approximate surface area is 340 Å². The molecule has 0 atom stereocenters. The minimum absolute atomic E-state index is 0.178. The van der Waals surface area contributed by atoms with Gasteiger partial charge in [-0.1, -0.05) is 143 Å². The molecule has 0 spiro atoms. The summed E-state index contributed by atoms with van der Waals surface area (Å²) in [6.45, 7) is 0. The molecule has 2 aromatic heterocycles. The Morgan fingerprint density at radius 1 is 0.333 bits per heavy atom. The van der Waals surface area contributed by atoms with Crippen LogP contribution in [0.2, 0.25) is 0 Å². The van der Waals surface area contributed by atoms with E-state index in [2.05, 4.69) is 83.4 Å². The van der Waals surface area contributed by atoms with Crippen LogP contribution in [0.3, 0.4) is 0 Å². The largest absolute Gasteiger partial charge is 0.310 e. The van der Waals surface area contributed by atoms with Crippen LogP contribution in [0.15, 0.2) is 152 Å². The van der Waals surface area contributed by atoms with Crippen molar-refractivity contribution in [1.29, 1.82) is 0 Å². The maximum Gasteiger partial charge on any atom is 0.115 e. The van der Waals surface area contributed by atoms with Crippen LogP contribution < -0.4 is 38.2 Å². The lowest BCUT2D eigenvalue weighted by Gasteiger charge is -2.20. The van der Waals surface area contributed by atoms with Gasteiger partial charge < -0.3 is 9.13 Å². The third-order valence-corrected chi connectivity index (χ3v) is 11.3. The fourth-order valence-corrected chi connectivity index (χ4v) is 8.62. The highest BCUT2D eigenvalue weighted by atomic mass is 15.0. The number of hydrogen-bond donors (Lipinski definition) is 0. The van der Waals surface area contributed by atoms with Crippen molar-refractivity contribution in [1.82, 2.24) is 9.13 Å². The van der Waals surface area contributed by atoms with Crippen LogP contribution in [0.1, 0.15) is 0 Å². The lowest BCUT2D eigenvalue weighted by molar-refractivity contribution is 1.18. The van der Waals surface area contributed by atoms with Crippen molar-refractivity contribution in [3.05, 3.63) is 152 Å². The topological polar surface area (TPSA) is 9.86 Å². The van der Waals surface area contributed by atoms with E-state index in [4.69, 9.17) is 54.9 Å².